The standard InChI is InChI=1S/C6H13N2O3P.H3N/c1-3(8-12)5(9)7-4(2)6(10)11;/h3-4,8H,12H2,1-2H3,(H,7,9)(H,10,11);1H3. The summed E-state index contributed by atoms with van der Waals surface area (Å²) in [6.07, 6.45) is 0. The lowest BCUT2D eigenvalue weighted by atomic mass is 10.3. The van der Waals surface area contributed by atoms with Crippen molar-refractivity contribution in [2.45, 2.75) is 25.9 Å². The smallest absolute Gasteiger partial charge is 0.325 e. The number of hydrogen-bond acceptors (Lipinski definition) is 4. The quantitative estimate of drug-likeness (QED) is 0.466. The van der Waals surface area contributed by atoms with E-state index in [1.54, 1.807) is 6.92 Å². The molecule has 78 valence electrons. The highest BCUT2D eigenvalue weighted by Gasteiger charge is 2.17. The van der Waals surface area contributed by atoms with Gasteiger partial charge in [-0.1, -0.05) is 9.39 Å². The largest absolute Gasteiger partial charge is 0.480 e. The maximum absolute atomic E-state index is 11.0. The highest BCUT2D eigenvalue weighted by atomic mass is 31.0. The Morgan fingerprint density at radius 1 is 1.31 bits per heavy atom. The zero-order valence-corrected chi connectivity index (χ0v) is 8.86. The Morgan fingerprint density at radius 2 is 1.77 bits per heavy atom. The molecular formula is C6H16N3O3P. The minimum Gasteiger partial charge on any atom is -0.480 e. The number of rotatable bonds is 4. The number of carboxylic acid groups (broad SMARTS) is 1. The first-order chi connectivity index (χ1) is 5.49. The van der Waals surface area contributed by atoms with Gasteiger partial charge in [0.05, 0.1) is 6.04 Å². The second-order valence-electron chi connectivity index (χ2n) is 2.46. The van der Waals surface area contributed by atoms with E-state index in [9.17, 15) is 9.59 Å². The van der Waals surface area contributed by atoms with E-state index in [-0.39, 0.29) is 12.1 Å². The summed E-state index contributed by atoms with van der Waals surface area (Å²) >= 11 is 0. The van der Waals surface area contributed by atoms with Crippen LogP contribution in [0.5, 0.6) is 0 Å². The van der Waals surface area contributed by atoms with Gasteiger partial charge in [0.15, 0.2) is 0 Å². The summed E-state index contributed by atoms with van der Waals surface area (Å²) in [5.41, 5.74) is 0. The number of amides is 1. The van der Waals surface area contributed by atoms with Crippen molar-refractivity contribution in [1.82, 2.24) is 16.6 Å². The lowest BCUT2D eigenvalue weighted by Crippen LogP contribution is -2.45. The van der Waals surface area contributed by atoms with Crippen molar-refractivity contribution >= 4 is 21.3 Å². The summed E-state index contributed by atoms with van der Waals surface area (Å²) in [5, 5.41) is 13.4. The Labute approximate surface area is 79.3 Å². The lowest BCUT2D eigenvalue weighted by Gasteiger charge is -2.13. The van der Waals surface area contributed by atoms with E-state index in [0.29, 0.717) is 0 Å². The van der Waals surface area contributed by atoms with Crippen LogP contribution in [0.1, 0.15) is 13.8 Å². The highest BCUT2D eigenvalue weighted by Crippen LogP contribution is 1.88. The van der Waals surface area contributed by atoms with E-state index in [0.717, 1.165) is 0 Å². The van der Waals surface area contributed by atoms with Crippen molar-refractivity contribution < 1.29 is 14.7 Å². The van der Waals surface area contributed by atoms with Gasteiger partial charge in [-0.15, -0.1) is 0 Å². The van der Waals surface area contributed by atoms with Crippen LogP contribution >= 0.6 is 9.39 Å². The van der Waals surface area contributed by atoms with Gasteiger partial charge in [-0.25, -0.2) is 0 Å². The van der Waals surface area contributed by atoms with Crippen LogP contribution in [0, 0.1) is 0 Å². The van der Waals surface area contributed by atoms with Crippen LogP contribution in [-0.2, 0) is 9.59 Å². The van der Waals surface area contributed by atoms with Crippen LogP contribution < -0.4 is 16.6 Å². The average Bonchev–Trinajstić information content (AvgIpc) is 2.02. The second kappa shape index (κ2) is 6.77. The number of carbonyl (C=O) groups excluding carboxylic acids is 1. The Hall–Kier alpha value is -0.710. The van der Waals surface area contributed by atoms with Gasteiger partial charge in [-0.05, 0) is 13.8 Å². The molecule has 0 bridgehead atoms. The minimum atomic E-state index is -1.04. The van der Waals surface area contributed by atoms with Crippen LogP contribution in [0.2, 0.25) is 0 Å². The zero-order chi connectivity index (χ0) is 9.72. The molecule has 0 aliphatic rings. The van der Waals surface area contributed by atoms with Crippen molar-refractivity contribution in [3.8, 4) is 0 Å². The fraction of sp³-hybridized carbons (Fsp3) is 0.667. The Balaban J connectivity index is 0. The first-order valence-electron chi connectivity index (χ1n) is 3.48. The molecule has 0 aromatic rings. The Kier molecular flexibility index (Phi) is 7.70. The average molecular weight is 209 g/mol. The normalized spacial score (nSPS) is 13.8. The summed E-state index contributed by atoms with van der Waals surface area (Å²) < 4.78 is 0. The van der Waals surface area contributed by atoms with E-state index in [4.69, 9.17) is 5.11 Å². The van der Waals surface area contributed by atoms with Crippen molar-refractivity contribution in [3.63, 3.8) is 0 Å². The molecule has 0 radical (unpaired) electrons. The molecule has 0 rings (SSSR count). The molecule has 0 fully saturated rings. The molecule has 7 heteroatoms. The highest BCUT2D eigenvalue weighted by molar-refractivity contribution is 7.13. The number of carbonyl (C=O) groups is 2. The van der Waals surface area contributed by atoms with E-state index < -0.39 is 18.1 Å². The maximum Gasteiger partial charge on any atom is 0.325 e. The maximum atomic E-state index is 11.0. The molecule has 0 saturated carbocycles. The van der Waals surface area contributed by atoms with Crippen LogP contribution in [0.4, 0.5) is 0 Å². The number of aliphatic carboxylic acids is 1. The molecule has 3 unspecified atom stereocenters. The van der Waals surface area contributed by atoms with Crippen molar-refractivity contribution in [2.24, 2.45) is 0 Å². The predicted molar refractivity (Wildman–Crippen MR) is 52.6 cm³/mol. The molecule has 6 N–H and O–H groups in total. The summed E-state index contributed by atoms with van der Waals surface area (Å²) in [6.45, 7) is 3.05. The van der Waals surface area contributed by atoms with Gasteiger partial charge in [0.2, 0.25) is 5.91 Å². The van der Waals surface area contributed by atoms with E-state index in [2.05, 4.69) is 19.8 Å². The SMILES string of the molecule is CC(NC(=O)C(C)NP)C(=O)O.N. The van der Waals surface area contributed by atoms with Crippen LogP contribution in [0.25, 0.3) is 0 Å². The third kappa shape index (κ3) is 5.52. The van der Waals surface area contributed by atoms with E-state index >= 15 is 0 Å². The van der Waals surface area contributed by atoms with Crippen LogP contribution in [0.15, 0.2) is 0 Å². The van der Waals surface area contributed by atoms with Gasteiger partial charge < -0.3 is 16.6 Å². The van der Waals surface area contributed by atoms with Crippen molar-refractivity contribution in [2.75, 3.05) is 0 Å². The van der Waals surface area contributed by atoms with Gasteiger partial charge in [-0.2, -0.15) is 0 Å². The predicted octanol–water partition coefficient (Wildman–Crippen LogP) is -0.494. The lowest BCUT2D eigenvalue weighted by molar-refractivity contribution is -0.141. The molecule has 6 nitrogen and oxygen atoms in total. The third-order valence-corrected chi connectivity index (χ3v) is 1.87. The Morgan fingerprint density at radius 3 is 2.08 bits per heavy atom. The summed E-state index contributed by atoms with van der Waals surface area (Å²) in [6, 6.07) is -1.25. The molecule has 13 heavy (non-hydrogen) atoms. The molecule has 0 heterocycles. The second-order valence-corrected chi connectivity index (χ2v) is 2.79. The van der Waals surface area contributed by atoms with E-state index in [1.807, 2.05) is 0 Å². The number of carboxylic acids is 1. The fourth-order valence-electron chi connectivity index (χ4n) is 0.476. The van der Waals surface area contributed by atoms with Crippen molar-refractivity contribution in [3.05, 3.63) is 0 Å². The van der Waals surface area contributed by atoms with Crippen molar-refractivity contribution in [1.29, 1.82) is 0 Å². The summed E-state index contributed by atoms with van der Waals surface area (Å²) in [4.78, 5) is 21.3. The minimum absolute atomic E-state index is 0. The topological polar surface area (TPSA) is 113 Å². The molecule has 0 aromatic carbocycles. The first-order valence-corrected chi connectivity index (χ1v) is 4.06. The first kappa shape index (κ1) is 14.8. The zero-order valence-electron chi connectivity index (χ0n) is 7.70. The number of hydrogen-bond donors (Lipinski definition) is 4. The van der Waals surface area contributed by atoms with Gasteiger partial charge >= 0.3 is 5.97 Å². The van der Waals surface area contributed by atoms with E-state index in [1.165, 1.54) is 6.92 Å². The molecular weight excluding hydrogens is 193 g/mol. The van der Waals surface area contributed by atoms with Crippen LogP contribution in [0.3, 0.4) is 0 Å². The van der Waals surface area contributed by atoms with Gasteiger partial charge in [0, 0.05) is 0 Å². The molecule has 0 spiro atoms. The molecule has 1 amide bonds. The molecule has 3 atom stereocenters. The van der Waals surface area contributed by atoms with Gasteiger partial charge in [0.25, 0.3) is 0 Å². The molecule has 0 saturated heterocycles. The monoisotopic (exact) mass is 209 g/mol. The number of nitrogens with one attached hydrogen (secondary N) is 2. The van der Waals surface area contributed by atoms with Crippen LogP contribution in [-0.4, -0.2) is 29.1 Å². The molecule has 0 aliphatic heterocycles. The Bertz CT molecular complexity index is 188. The third-order valence-electron chi connectivity index (χ3n) is 1.37. The fourth-order valence-corrected chi connectivity index (χ4v) is 0.627. The van der Waals surface area contributed by atoms with Gasteiger partial charge in [0.1, 0.15) is 6.04 Å². The summed E-state index contributed by atoms with van der Waals surface area (Å²) in [5.74, 6) is -1.38. The summed E-state index contributed by atoms with van der Waals surface area (Å²) in [7, 11) is 2.19. The molecule has 0 aliphatic carbocycles. The molecule has 0 aromatic heterocycles. The van der Waals surface area contributed by atoms with Gasteiger partial charge in [-0.3, -0.25) is 14.7 Å².